The summed E-state index contributed by atoms with van der Waals surface area (Å²) in [5.41, 5.74) is 7.45. The van der Waals surface area contributed by atoms with Gasteiger partial charge in [-0.3, -0.25) is 9.59 Å². The van der Waals surface area contributed by atoms with Gasteiger partial charge in [0.2, 0.25) is 0 Å². The van der Waals surface area contributed by atoms with Crippen LogP contribution in [0.3, 0.4) is 0 Å². The van der Waals surface area contributed by atoms with E-state index in [0.29, 0.717) is 17.7 Å². The van der Waals surface area contributed by atoms with Crippen molar-refractivity contribution in [1.29, 1.82) is 0 Å². The van der Waals surface area contributed by atoms with Crippen molar-refractivity contribution in [3.8, 4) is 0 Å². The van der Waals surface area contributed by atoms with Crippen LogP contribution in [0, 0.1) is 12.3 Å². The van der Waals surface area contributed by atoms with Gasteiger partial charge in [-0.15, -0.1) is 0 Å². The summed E-state index contributed by atoms with van der Waals surface area (Å²) in [5.74, 6) is -1.26. The van der Waals surface area contributed by atoms with E-state index in [9.17, 15) is 9.59 Å². The Bertz CT molecular complexity index is 533. The topological polar surface area (TPSA) is 92.4 Å². The van der Waals surface area contributed by atoms with Crippen LogP contribution in [0.2, 0.25) is 0 Å². The first-order valence-corrected chi connectivity index (χ1v) is 6.97. The lowest BCUT2D eigenvalue weighted by Crippen LogP contribution is -2.39. The van der Waals surface area contributed by atoms with Gasteiger partial charge in [0.1, 0.15) is 0 Å². The third kappa shape index (κ3) is 5.85. The molecule has 116 valence electrons. The lowest BCUT2D eigenvalue weighted by Gasteiger charge is -2.26. The third-order valence-corrected chi connectivity index (χ3v) is 3.07. The van der Waals surface area contributed by atoms with Crippen LogP contribution >= 0.6 is 0 Å². The number of hydrogen-bond acceptors (Lipinski definition) is 3. The second kappa shape index (κ2) is 6.61. The Hall–Kier alpha value is -2.04. The molecule has 1 rings (SSSR count). The lowest BCUT2D eigenvalue weighted by atomic mass is 9.87. The first-order valence-electron chi connectivity index (χ1n) is 6.97. The van der Waals surface area contributed by atoms with Crippen molar-refractivity contribution in [3.63, 3.8) is 0 Å². The maximum Gasteiger partial charge on any atom is 0.305 e. The quantitative estimate of drug-likeness (QED) is 0.727. The Morgan fingerprint density at radius 3 is 2.48 bits per heavy atom. The van der Waals surface area contributed by atoms with Crippen molar-refractivity contribution in [2.45, 2.75) is 46.6 Å². The van der Waals surface area contributed by atoms with Gasteiger partial charge in [-0.25, -0.2) is 0 Å². The molecule has 5 nitrogen and oxygen atoms in total. The fraction of sp³-hybridized carbons (Fsp3) is 0.500. The smallest absolute Gasteiger partial charge is 0.305 e. The molecule has 1 atom stereocenters. The Labute approximate surface area is 125 Å². The standard InChI is InChI=1S/C16H24N2O3/c1-10-5-6-13(17)12(7-10)15(21)18-11(8-14(19)20)9-16(2,3)4/h5-7,11H,8-9,17H2,1-4H3,(H,18,21)(H,19,20). The number of nitrogen functional groups attached to an aromatic ring is 1. The van der Waals surface area contributed by atoms with E-state index < -0.39 is 12.0 Å². The van der Waals surface area contributed by atoms with E-state index in [1.807, 2.05) is 33.8 Å². The number of amides is 1. The number of anilines is 1. The van der Waals surface area contributed by atoms with Gasteiger partial charge in [-0.05, 0) is 30.9 Å². The lowest BCUT2D eigenvalue weighted by molar-refractivity contribution is -0.137. The summed E-state index contributed by atoms with van der Waals surface area (Å²) in [6.45, 7) is 7.90. The number of rotatable bonds is 5. The molecule has 1 aromatic rings. The Balaban J connectivity index is 2.89. The molecular weight excluding hydrogens is 268 g/mol. The maximum atomic E-state index is 12.3. The number of hydrogen-bond donors (Lipinski definition) is 3. The van der Waals surface area contributed by atoms with Crippen molar-refractivity contribution in [2.24, 2.45) is 5.41 Å². The number of aliphatic carboxylic acids is 1. The Morgan fingerprint density at radius 2 is 1.95 bits per heavy atom. The molecule has 0 aliphatic heterocycles. The summed E-state index contributed by atoms with van der Waals surface area (Å²) in [7, 11) is 0. The van der Waals surface area contributed by atoms with Crippen molar-refractivity contribution in [3.05, 3.63) is 29.3 Å². The highest BCUT2D eigenvalue weighted by Gasteiger charge is 2.23. The minimum atomic E-state index is -0.929. The van der Waals surface area contributed by atoms with Gasteiger partial charge in [0.25, 0.3) is 5.91 Å². The average Bonchev–Trinajstić information content (AvgIpc) is 2.28. The summed E-state index contributed by atoms with van der Waals surface area (Å²) in [6, 6.07) is 4.80. The number of carboxylic acid groups (broad SMARTS) is 1. The first-order chi connectivity index (χ1) is 9.58. The molecule has 0 radical (unpaired) electrons. The van der Waals surface area contributed by atoms with Crippen LogP contribution < -0.4 is 11.1 Å². The molecule has 4 N–H and O–H groups in total. The summed E-state index contributed by atoms with van der Waals surface area (Å²) in [4.78, 5) is 23.3. The second-order valence-corrected chi connectivity index (χ2v) is 6.62. The highest BCUT2D eigenvalue weighted by Crippen LogP contribution is 2.23. The van der Waals surface area contributed by atoms with Gasteiger partial charge >= 0.3 is 5.97 Å². The van der Waals surface area contributed by atoms with Crippen LogP contribution in [0.4, 0.5) is 5.69 Å². The fourth-order valence-corrected chi connectivity index (χ4v) is 2.25. The van der Waals surface area contributed by atoms with E-state index in [-0.39, 0.29) is 17.7 Å². The third-order valence-electron chi connectivity index (χ3n) is 3.07. The Kier molecular flexibility index (Phi) is 5.35. The summed E-state index contributed by atoms with van der Waals surface area (Å²) in [6.07, 6.45) is 0.478. The van der Waals surface area contributed by atoms with Crippen molar-refractivity contribution >= 4 is 17.6 Å². The monoisotopic (exact) mass is 292 g/mol. The molecular formula is C16H24N2O3. The van der Waals surface area contributed by atoms with Crippen LogP contribution in [0.5, 0.6) is 0 Å². The summed E-state index contributed by atoms with van der Waals surface area (Å²) < 4.78 is 0. The van der Waals surface area contributed by atoms with Gasteiger partial charge in [0, 0.05) is 11.7 Å². The molecule has 0 fully saturated rings. The molecule has 21 heavy (non-hydrogen) atoms. The van der Waals surface area contributed by atoms with Gasteiger partial charge in [0.15, 0.2) is 0 Å². The molecule has 0 bridgehead atoms. The molecule has 0 saturated carbocycles. The predicted molar refractivity (Wildman–Crippen MR) is 83.2 cm³/mol. The van der Waals surface area contributed by atoms with Crippen molar-refractivity contribution in [1.82, 2.24) is 5.32 Å². The van der Waals surface area contributed by atoms with E-state index in [1.54, 1.807) is 12.1 Å². The highest BCUT2D eigenvalue weighted by molar-refractivity contribution is 5.99. The number of nitrogens with one attached hydrogen (secondary N) is 1. The molecule has 0 saturated heterocycles. The minimum absolute atomic E-state index is 0.0778. The predicted octanol–water partition coefficient (Wildman–Crippen LogP) is 2.59. The van der Waals surface area contributed by atoms with Crippen LogP contribution in [0.15, 0.2) is 18.2 Å². The van der Waals surface area contributed by atoms with Gasteiger partial charge in [-0.2, -0.15) is 0 Å². The molecule has 0 aliphatic rings. The Morgan fingerprint density at radius 1 is 1.33 bits per heavy atom. The van der Waals surface area contributed by atoms with Gasteiger partial charge in [0.05, 0.1) is 12.0 Å². The fourth-order valence-electron chi connectivity index (χ4n) is 2.25. The zero-order valence-corrected chi connectivity index (χ0v) is 13.1. The summed E-state index contributed by atoms with van der Waals surface area (Å²) >= 11 is 0. The number of carbonyl (C=O) groups excluding carboxylic acids is 1. The number of nitrogens with two attached hydrogens (primary N) is 1. The molecule has 1 aromatic carbocycles. The number of carboxylic acids is 1. The van der Waals surface area contributed by atoms with E-state index in [2.05, 4.69) is 5.32 Å². The normalized spacial score (nSPS) is 12.8. The zero-order chi connectivity index (χ0) is 16.2. The largest absolute Gasteiger partial charge is 0.481 e. The molecule has 5 heteroatoms. The van der Waals surface area contributed by atoms with Crippen molar-refractivity contribution < 1.29 is 14.7 Å². The number of aryl methyl sites for hydroxylation is 1. The molecule has 0 spiro atoms. The molecule has 0 aromatic heterocycles. The van der Waals surface area contributed by atoms with E-state index >= 15 is 0 Å². The average molecular weight is 292 g/mol. The van der Waals surface area contributed by atoms with E-state index in [1.165, 1.54) is 0 Å². The SMILES string of the molecule is Cc1ccc(N)c(C(=O)NC(CC(=O)O)CC(C)(C)C)c1. The maximum absolute atomic E-state index is 12.3. The molecule has 0 aliphatic carbocycles. The zero-order valence-electron chi connectivity index (χ0n) is 13.1. The highest BCUT2D eigenvalue weighted by atomic mass is 16.4. The minimum Gasteiger partial charge on any atom is -0.481 e. The summed E-state index contributed by atoms with van der Waals surface area (Å²) in [5, 5.41) is 11.8. The second-order valence-electron chi connectivity index (χ2n) is 6.62. The molecule has 1 unspecified atom stereocenters. The molecule has 0 heterocycles. The number of benzene rings is 1. The molecule has 1 amide bonds. The first kappa shape index (κ1) is 17.0. The van der Waals surface area contributed by atoms with E-state index in [0.717, 1.165) is 5.56 Å². The van der Waals surface area contributed by atoms with Crippen LogP contribution in [0.1, 0.15) is 49.5 Å². The number of carbonyl (C=O) groups is 2. The van der Waals surface area contributed by atoms with Crippen LogP contribution in [-0.2, 0) is 4.79 Å². The van der Waals surface area contributed by atoms with Gasteiger partial charge in [-0.1, -0.05) is 32.4 Å². The van der Waals surface area contributed by atoms with Crippen LogP contribution in [0.25, 0.3) is 0 Å². The van der Waals surface area contributed by atoms with Crippen molar-refractivity contribution in [2.75, 3.05) is 5.73 Å². The van der Waals surface area contributed by atoms with E-state index in [4.69, 9.17) is 10.8 Å². The van der Waals surface area contributed by atoms with Gasteiger partial charge < -0.3 is 16.2 Å². The van der Waals surface area contributed by atoms with Crippen LogP contribution in [-0.4, -0.2) is 23.0 Å².